The van der Waals surface area contributed by atoms with Crippen LogP contribution in [0.2, 0.25) is 5.02 Å². The molecule has 1 fully saturated rings. The Morgan fingerprint density at radius 2 is 1.93 bits per heavy atom. The van der Waals surface area contributed by atoms with Crippen molar-refractivity contribution in [3.63, 3.8) is 0 Å². The molecule has 2 heterocycles. The summed E-state index contributed by atoms with van der Waals surface area (Å²) in [5.41, 5.74) is 2.29. The number of halogens is 1. The molecule has 0 aliphatic carbocycles. The van der Waals surface area contributed by atoms with Crippen LogP contribution in [0, 0.1) is 0 Å². The van der Waals surface area contributed by atoms with E-state index in [2.05, 4.69) is 10.00 Å². The van der Waals surface area contributed by atoms with Crippen LogP contribution in [-0.4, -0.2) is 78.6 Å². The van der Waals surface area contributed by atoms with Crippen molar-refractivity contribution in [3.05, 3.63) is 46.7 Å². The molecule has 1 aromatic carbocycles. The largest absolute Gasteiger partial charge is 0.336 e. The number of aromatic nitrogens is 2. The van der Waals surface area contributed by atoms with Gasteiger partial charge in [-0.2, -0.15) is 5.10 Å². The van der Waals surface area contributed by atoms with Crippen LogP contribution in [0.5, 0.6) is 0 Å². The van der Waals surface area contributed by atoms with Gasteiger partial charge in [0.2, 0.25) is 0 Å². The minimum atomic E-state index is -2.97. The number of sulfone groups is 1. The molecule has 0 radical (unpaired) electrons. The van der Waals surface area contributed by atoms with E-state index < -0.39 is 9.84 Å². The predicted molar refractivity (Wildman–Crippen MR) is 110 cm³/mol. The number of carbonyl (C=O) groups excluding carboxylic acids is 1. The second kappa shape index (κ2) is 8.63. The first-order valence-electron chi connectivity index (χ1n) is 9.30. The highest BCUT2D eigenvalue weighted by molar-refractivity contribution is 7.90. The smallest absolute Gasteiger partial charge is 0.257 e. The average Bonchev–Trinajstić information content (AvgIpc) is 3.09. The van der Waals surface area contributed by atoms with Gasteiger partial charge in [-0.3, -0.25) is 9.69 Å². The molecular weight excluding hydrogens is 400 g/mol. The average molecular weight is 425 g/mol. The standard InChI is InChI=1S/C19H25ClN4O3S/c1-3-18-17(14-21-24(18)16-6-4-5-15(20)13-16)19(25)23-9-7-22(8-10-23)11-12-28(2,26)27/h4-6,13-14H,3,7-12H2,1-2H3. The maximum absolute atomic E-state index is 13.0. The van der Waals surface area contributed by atoms with Gasteiger partial charge in [0.1, 0.15) is 9.84 Å². The molecule has 0 saturated carbocycles. The van der Waals surface area contributed by atoms with Gasteiger partial charge in [0.25, 0.3) is 5.91 Å². The molecule has 1 aliphatic heterocycles. The molecule has 0 N–H and O–H groups in total. The van der Waals surface area contributed by atoms with Crippen molar-refractivity contribution in [2.45, 2.75) is 13.3 Å². The zero-order valence-corrected chi connectivity index (χ0v) is 17.7. The molecule has 0 spiro atoms. The summed E-state index contributed by atoms with van der Waals surface area (Å²) >= 11 is 6.09. The summed E-state index contributed by atoms with van der Waals surface area (Å²) in [4.78, 5) is 16.9. The molecule has 7 nitrogen and oxygen atoms in total. The van der Waals surface area contributed by atoms with Gasteiger partial charge < -0.3 is 4.90 Å². The van der Waals surface area contributed by atoms with E-state index in [0.717, 1.165) is 11.4 Å². The molecule has 1 aromatic heterocycles. The summed E-state index contributed by atoms with van der Waals surface area (Å²) < 4.78 is 24.4. The first-order valence-corrected chi connectivity index (χ1v) is 11.7. The lowest BCUT2D eigenvalue weighted by Gasteiger charge is -2.34. The fraction of sp³-hybridized carbons (Fsp3) is 0.474. The van der Waals surface area contributed by atoms with E-state index in [1.54, 1.807) is 16.9 Å². The minimum Gasteiger partial charge on any atom is -0.336 e. The highest BCUT2D eigenvalue weighted by atomic mass is 35.5. The van der Waals surface area contributed by atoms with Crippen LogP contribution in [0.3, 0.4) is 0 Å². The first-order chi connectivity index (χ1) is 13.3. The Morgan fingerprint density at radius 1 is 1.21 bits per heavy atom. The summed E-state index contributed by atoms with van der Waals surface area (Å²) in [7, 11) is -2.97. The fourth-order valence-electron chi connectivity index (χ4n) is 3.36. The summed E-state index contributed by atoms with van der Waals surface area (Å²) in [6.45, 7) is 5.00. The number of nitrogens with zero attached hydrogens (tertiary/aromatic N) is 4. The van der Waals surface area contributed by atoms with E-state index in [-0.39, 0.29) is 11.7 Å². The molecule has 0 unspecified atom stereocenters. The maximum atomic E-state index is 13.0. The Bertz CT molecular complexity index is 950. The summed E-state index contributed by atoms with van der Waals surface area (Å²) in [6.07, 6.45) is 3.54. The van der Waals surface area contributed by atoms with Crippen LogP contribution in [0.15, 0.2) is 30.5 Å². The van der Waals surface area contributed by atoms with Gasteiger partial charge in [-0.1, -0.05) is 24.6 Å². The third-order valence-corrected chi connectivity index (χ3v) is 6.08. The fourth-order valence-corrected chi connectivity index (χ4v) is 4.14. The molecule has 0 atom stereocenters. The van der Waals surface area contributed by atoms with Gasteiger partial charge >= 0.3 is 0 Å². The van der Waals surface area contributed by atoms with Crippen molar-refractivity contribution in [2.24, 2.45) is 0 Å². The number of amides is 1. The number of hydrogen-bond acceptors (Lipinski definition) is 5. The van der Waals surface area contributed by atoms with Crippen molar-refractivity contribution in [1.29, 1.82) is 0 Å². The van der Waals surface area contributed by atoms with E-state index in [1.165, 1.54) is 6.26 Å². The number of carbonyl (C=O) groups is 1. The zero-order chi connectivity index (χ0) is 20.3. The molecule has 1 saturated heterocycles. The molecule has 3 rings (SSSR count). The summed E-state index contributed by atoms with van der Waals surface area (Å²) in [6, 6.07) is 7.39. The Morgan fingerprint density at radius 3 is 2.54 bits per heavy atom. The summed E-state index contributed by atoms with van der Waals surface area (Å²) in [5, 5.41) is 5.04. The van der Waals surface area contributed by atoms with Crippen LogP contribution in [0.4, 0.5) is 0 Å². The van der Waals surface area contributed by atoms with Gasteiger partial charge in [-0.05, 0) is 24.6 Å². The molecule has 152 valence electrons. The SMILES string of the molecule is CCc1c(C(=O)N2CCN(CCS(C)(=O)=O)CC2)cnn1-c1cccc(Cl)c1. The van der Waals surface area contributed by atoms with Crippen molar-refractivity contribution in [3.8, 4) is 5.69 Å². The van der Waals surface area contributed by atoms with Crippen molar-refractivity contribution >= 4 is 27.3 Å². The summed E-state index contributed by atoms with van der Waals surface area (Å²) in [5.74, 6) is 0.112. The van der Waals surface area contributed by atoms with E-state index in [9.17, 15) is 13.2 Å². The topological polar surface area (TPSA) is 75.5 Å². The van der Waals surface area contributed by atoms with Crippen LogP contribution < -0.4 is 0 Å². The monoisotopic (exact) mass is 424 g/mol. The molecule has 0 bridgehead atoms. The molecule has 1 aliphatic rings. The van der Waals surface area contributed by atoms with Gasteiger partial charge in [0, 0.05) is 44.0 Å². The van der Waals surface area contributed by atoms with Crippen LogP contribution in [0.1, 0.15) is 23.0 Å². The second-order valence-electron chi connectivity index (χ2n) is 7.01. The lowest BCUT2D eigenvalue weighted by atomic mass is 10.1. The van der Waals surface area contributed by atoms with E-state index >= 15 is 0 Å². The number of piperazine rings is 1. The molecular formula is C19H25ClN4O3S. The van der Waals surface area contributed by atoms with Gasteiger partial charge in [-0.25, -0.2) is 13.1 Å². The minimum absolute atomic E-state index is 0.0344. The zero-order valence-electron chi connectivity index (χ0n) is 16.1. The number of rotatable bonds is 6. The van der Waals surface area contributed by atoms with Crippen LogP contribution in [-0.2, 0) is 16.3 Å². The van der Waals surface area contributed by atoms with E-state index in [1.807, 2.05) is 30.0 Å². The van der Waals surface area contributed by atoms with E-state index in [0.29, 0.717) is 49.7 Å². The van der Waals surface area contributed by atoms with Crippen LogP contribution >= 0.6 is 11.6 Å². The highest BCUT2D eigenvalue weighted by Crippen LogP contribution is 2.20. The highest BCUT2D eigenvalue weighted by Gasteiger charge is 2.26. The molecule has 28 heavy (non-hydrogen) atoms. The quantitative estimate of drug-likeness (QED) is 0.707. The Hall–Kier alpha value is -1.90. The maximum Gasteiger partial charge on any atom is 0.257 e. The normalized spacial score (nSPS) is 15.8. The van der Waals surface area contributed by atoms with E-state index in [4.69, 9.17) is 11.6 Å². The van der Waals surface area contributed by atoms with Crippen LogP contribution in [0.25, 0.3) is 5.69 Å². The third-order valence-electron chi connectivity index (χ3n) is 4.92. The predicted octanol–water partition coefficient (Wildman–Crippen LogP) is 1.89. The molecule has 9 heteroatoms. The Balaban J connectivity index is 1.70. The lowest BCUT2D eigenvalue weighted by molar-refractivity contribution is 0.0643. The number of hydrogen-bond donors (Lipinski definition) is 0. The lowest BCUT2D eigenvalue weighted by Crippen LogP contribution is -2.49. The van der Waals surface area contributed by atoms with Gasteiger partial charge in [0.05, 0.1) is 28.9 Å². The Kier molecular flexibility index (Phi) is 6.42. The van der Waals surface area contributed by atoms with Gasteiger partial charge in [-0.15, -0.1) is 0 Å². The van der Waals surface area contributed by atoms with Crippen molar-refractivity contribution in [1.82, 2.24) is 19.6 Å². The third kappa shape index (κ3) is 4.92. The molecule has 2 aromatic rings. The Labute approximate surface area is 170 Å². The first kappa shape index (κ1) is 20.8. The second-order valence-corrected chi connectivity index (χ2v) is 9.71. The molecule has 1 amide bonds. The number of benzene rings is 1. The van der Waals surface area contributed by atoms with Gasteiger partial charge in [0.15, 0.2) is 0 Å². The van der Waals surface area contributed by atoms with Crippen molar-refractivity contribution in [2.75, 3.05) is 44.7 Å². The van der Waals surface area contributed by atoms with Crippen molar-refractivity contribution < 1.29 is 13.2 Å².